The third-order valence-electron chi connectivity index (χ3n) is 3.09. The van der Waals surface area contributed by atoms with Gasteiger partial charge in [-0.3, -0.25) is 0 Å². The zero-order chi connectivity index (χ0) is 13.9. The Bertz CT molecular complexity index is 655. The Balaban J connectivity index is 1.98. The van der Waals surface area contributed by atoms with Crippen LogP contribution in [0, 0.1) is 0 Å². The molecule has 2 heterocycles. The molecule has 0 unspecified atom stereocenters. The van der Waals surface area contributed by atoms with Gasteiger partial charge in [0.1, 0.15) is 6.61 Å². The molecule has 0 fully saturated rings. The Morgan fingerprint density at radius 1 is 1.35 bits per heavy atom. The number of nitrogens with zero attached hydrogens (tertiary/aromatic N) is 1. The average Bonchev–Trinajstić information content (AvgIpc) is 2.53. The molecule has 0 amide bonds. The van der Waals surface area contributed by atoms with Crippen LogP contribution in [0.5, 0.6) is 5.75 Å². The number of pyridine rings is 1. The molecule has 20 heavy (non-hydrogen) atoms. The van der Waals surface area contributed by atoms with Crippen molar-refractivity contribution in [2.45, 2.75) is 0 Å². The van der Waals surface area contributed by atoms with E-state index in [4.69, 9.17) is 9.47 Å². The summed E-state index contributed by atoms with van der Waals surface area (Å²) in [6.45, 7) is 1.39. The molecule has 1 aromatic heterocycles. The normalized spacial score (nSPS) is 12.8. The number of rotatable bonds is 2. The second kappa shape index (κ2) is 5.21. The Labute approximate surface area is 116 Å². The molecule has 0 aliphatic carbocycles. The molecule has 5 heteroatoms. The first-order chi connectivity index (χ1) is 9.78. The molecule has 0 radical (unpaired) electrons. The van der Waals surface area contributed by atoms with E-state index in [0.717, 1.165) is 29.4 Å². The van der Waals surface area contributed by atoms with Crippen molar-refractivity contribution in [1.29, 1.82) is 0 Å². The molecule has 1 aliphatic heterocycles. The molecule has 0 bridgehead atoms. The van der Waals surface area contributed by atoms with Crippen molar-refractivity contribution in [2.24, 2.45) is 0 Å². The van der Waals surface area contributed by atoms with Crippen LogP contribution in [-0.4, -0.2) is 31.2 Å². The fourth-order valence-corrected chi connectivity index (χ4v) is 2.10. The number of ether oxygens (including phenoxy) is 2. The Morgan fingerprint density at radius 2 is 2.25 bits per heavy atom. The molecule has 0 saturated heterocycles. The zero-order valence-corrected chi connectivity index (χ0v) is 11.1. The smallest absolute Gasteiger partial charge is 0.337 e. The summed E-state index contributed by atoms with van der Waals surface area (Å²) in [4.78, 5) is 16.1. The number of anilines is 1. The van der Waals surface area contributed by atoms with Gasteiger partial charge in [-0.25, -0.2) is 9.78 Å². The Kier molecular flexibility index (Phi) is 3.25. The summed E-state index contributed by atoms with van der Waals surface area (Å²) in [5.74, 6) is 1.13. The maximum absolute atomic E-state index is 11.6. The van der Waals surface area contributed by atoms with Gasteiger partial charge in [0.2, 0.25) is 0 Å². The molecule has 0 spiro atoms. The summed E-state index contributed by atoms with van der Waals surface area (Å²) >= 11 is 0. The molecular formula is C15H14N2O3. The van der Waals surface area contributed by atoms with Crippen LogP contribution in [0.1, 0.15) is 10.4 Å². The lowest BCUT2D eigenvalue weighted by molar-refractivity contribution is 0.0601. The van der Waals surface area contributed by atoms with Gasteiger partial charge in [0.15, 0.2) is 11.6 Å². The van der Waals surface area contributed by atoms with Crippen LogP contribution in [0.4, 0.5) is 5.82 Å². The third kappa shape index (κ3) is 2.30. The third-order valence-corrected chi connectivity index (χ3v) is 3.09. The maximum atomic E-state index is 11.6. The van der Waals surface area contributed by atoms with Crippen LogP contribution in [-0.2, 0) is 4.74 Å². The van der Waals surface area contributed by atoms with Crippen molar-refractivity contribution in [3.63, 3.8) is 0 Å². The number of esters is 1. The molecule has 1 aromatic carbocycles. The number of nitrogens with one attached hydrogen (secondary N) is 1. The number of aromatic nitrogens is 1. The van der Waals surface area contributed by atoms with E-state index < -0.39 is 0 Å². The highest BCUT2D eigenvalue weighted by atomic mass is 16.5. The highest BCUT2D eigenvalue weighted by Gasteiger charge is 2.13. The van der Waals surface area contributed by atoms with Gasteiger partial charge in [0.25, 0.3) is 0 Å². The van der Waals surface area contributed by atoms with Crippen LogP contribution >= 0.6 is 0 Å². The molecular weight excluding hydrogens is 256 g/mol. The van der Waals surface area contributed by atoms with E-state index in [2.05, 4.69) is 10.3 Å². The van der Waals surface area contributed by atoms with Crippen LogP contribution in [0.3, 0.4) is 0 Å². The molecule has 0 atom stereocenters. The van der Waals surface area contributed by atoms with Gasteiger partial charge in [-0.2, -0.15) is 0 Å². The molecule has 1 aliphatic rings. The lowest BCUT2D eigenvalue weighted by Crippen LogP contribution is -2.19. The van der Waals surface area contributed by atoms with Crippen LogP contribution in [0.15, 0.2) is 36.4 Å². The average molecular weight is 270 g/mol. The van der Waals surface area contributed by atoms with Gasteiger partial charge < -0.3 is 14.8 Å². The second-order valence-electron chi connectivity index (χ2n) is 4.39. The minimum atomic E-state index is -0.355. The lowest BCUT2D eigenvalue weighted by Gasteiger charge is -2.18. The molecule has 5 nitrogen and oxygen atoms in total. The highest BCUT2D eigenvalue weighted by molar-refractivity contribution is 5.90. The van der Waals surface area contributed by atoms with Gasteiger partial charge in [0, 0.05) is 5.56 Å². The summed E-state index contributed by atoms with van der Waals surface area (Å²) in [7, 11) is 1.37. The number of benzene rings is 1. The SMILES string of the molecule is COC(=O)c1cccc(-c2ccc3c(n2)NCCO3)c1. The van der Waals surface area contributed by atoms with E-state index in [0.29, 0.717) is 12.2 Å². The number of fused-ring (bicyclic) bond motifs is 1. The van der Waals surface area contributed by atoms with Crippen molar-refractivity contribution in [1.82, 2.24) is 4.98 Å². The second-order valence-corrected chi connectivity index (χ2v) is 4.39. The molecule has 2 aromatic rings. The predicted octanol–water partition coefficient (Wildman–Crippen LogP) is 2.34. The molecule has 102 valence electrons. The first kappa shape index (κ1) is 12.5. The summed E-state index contributed by atoms with van der Waals surface area (Å²) < 4.78 is 10.2. The number of hydrogen-bond acceptors (Lipinski definition) is 5. The standard InChI is InChI=1S/C15H14N2O3/c1-19-15(18)11-4-2-3-10(9-11)12-5-6-13-14(17-12)16-7-8-20-13/h2-6,9H,7-8H2,1H3,(H,16,17). The number of methoxy groups -OCH3 is 1. The predicted molar refractivity (Wildman–Crippen MR) is 75.0 cm³/mol. The number of carbonyl (C=O) groups is 1. The first-order valence-electron chi connectivity index (χ1n) is 6.34. The molecule has 3 rings (SSSR count). The number of carbonyl (C=O) groups excluding carboxylic acids is 1. The van der Waals surface area contributed by atoms with Gasteiger partial charge in [-0.15, -0.1) is 0 Å². The lowest BCUT2D eigenvalue weighted by atomic mass is 10.1. The minimum Gasteiger partial charge on any atom is -0.488 e. The van der Waals surface area contributed by atoms with Crippen molar-refractivity contribution in [2.75, 3.05) is 25.6 Å². The van der Waals surface area contributed by atoms with E-state index >= 15 is 0 Å². The van der Waals surface area contributed by atoms with Crippen molar-refractivity contribution >= 4 is 11.8 Å². The van der Waals surface area contributed by atoms with Gasteiger partial charge in [0.05, 0.1) is 24.9 Å². The maximum Gasteiger partial charge on any atom is 0.337 e. The van der Waals surface area contributed by atoms with Gasteiger partial charge in [-0.1, -0.05) is 12.1 Å². The van der Waals surface area contributed by atoms with E-state index in [1.807, 2.05) is 24.3 Å². The van der Waals surface area contributed by atoms with Crippen LogP contribution < -0.4 is 10.1 Å². The topological polar surface area (TPSA) is 60.5 Å². The van der Waals surface area contributed by atoms with Crippen LogP contribution in [0.25, 0.3) is 11.3 Å². The van der Waals surface area contributed by atoms with Gasteiger partial charge >= 0.3 is 5.97 Å². The zero-order valence-electron chi connectivity index (χ0n) is 11.1. The minimum absolute atomic E-state index is 0.355. The highest BCUT2D eigenvalue weighted by Crippen LogP contribution is 2.29. The molecule has 1 N–H and O–H groups in total. The Morgan fingerprint density at radius 3 is 3.10 bits per heavy atom. The van der Waals surface area contributed by atoms with Crippen molar-refractivity contribution < 1.29 is 14.3 Å². The first-order valence-corrected chi connectivity index (χ1v) is 6.34. The van der Waals surface area contributed by atoms with E-state index in [9.17, 15) is 4.79 Å². The fraction of sp³-hybridized carbons (Fsp3) is 0.200. The summed E-state index contributed by atoms with van der Waals surface area (Å²) in [6, 6.07) is 11.0. The van der Waals surface area contributed by atoms with Gasteiger partial charge in [-0.05, 0) is 24.3 Å². The largest absolute Gasteiger partial charge is 0.488 e. The van der Waals surface area contributed by atoms with E-state index in [-0.39, 0.29) is 5.97 Å². The fourth-order valence-electron chi connectivity index (χ4n) is 2.10. The van der Waals surface area contributed by atoms with Crippen molar-refractivity contribution in [3.8, 4) is 17.0 Å². The van der Waals surface area contributed by atoms with E-state index in [1.165, 1.54) is 7.11 Å². The summed E-state index contributed by atoms with van der Waals surface area (Å²) in [6.07, 6.45) is 0. The quantitative estimate of drug-likeness (QED) is 0.849. The summed E-state index contributed by atoms with van der Waals surface area (Å²) in [5, 5.41) is 3.19. The van der Waals surface area contributed by atoms with Crippen LogP contribution in [0.2, 0.25) is 0 Å². The monoisotopic (exact) mass is 270 g/mol. The van der Waals surface area contributed by atoms with Crippen molar-refractivity contribution in [3.05, 3.63) is 42.0 Å². The Hall–Kier alpha value is -2.56. The molecule has 0 saturated carbocycles. The summed E-state index contributed by atoms with van der Waals surface area (Å²) in [5.41, 5.74) is 2.16. The van der Waals surface area contributed by atoms with E-state index in [1.54, 1.807) is 12.1 Å². The number of hydrogen-bond donors (Lipinski definition) is 1.